The third-order valence-electron chi connectivity index (χ3n) is 5.76. The first kappa shape index (κ1) is 27.7. The third-order valence-corrected chi connectivity index (χ3v) is 5.76. The Kier molecular flexibility index (Phi) is 7.96. The molecule has 1 aliphatic rings. The van der Waals surface area contributed by atoms with E-state index in [0.717, 1.165) is 28.8 Å². The van der Waals surface area contributed by atoms with Crippen LogP contribution in [0.2, 0.25) is 0 Å². The molecule has 3 rings (SSSR count). The molecule has 1 heterocycles. The number of nitrogens with zero attached hydrogens (tertiary/aromatic N) is 4. The summed E-state index contributed by atoms with van der Waals surface area (Å²) in [5.41, 5.74) is -1.45. The van der Waals surface area contributed by atoms with Gasteiger partial charge >= 0.3 is 12.5 Å². The second kappa shape index (κ2) is 10.6. The van der Waals surface area contributed by atoms with E-state index >= 15 is 0 Å². The lowest BCUT2D eigenvalue weighted by atomic mass is 10.0. The normalized spacial score (nSPS) is 14.5. The zero-order valence-corrected chi connectivity index (χ0v) is 19.2. The molecular formula is C24H20F6N4O3. The van der Waals surface area contributed by atoms with Crippen molar-refractivity contribution >= 4 is 5.78 Å². The fraction of sp³-hybridized carbons (Fsp3) is 0.458. The monoisotopic (exact) mass is 526 g/mol. The van der Waals surface area contributed by atoms with Crippen molar-refractivity contribution in [3.63, 3.8) is 0 Å². The Balaban J connectivity index is 1.99. The van der Waals surface area contributed by atoms with Crippen molar-refractivity contribution in [1.82, 2.24) is 9.55 Å². The Morgan fingerprint density at radius 2 is 1.84 bits per heavy atom. The number of benzene rings is 1. The molecular weight excluding hydrogens is 506 g/mol. The van der Waals surface area contributed by atoms with Crippen molar-refractivity contribution in [3.8, 4) is 29.1 Å². The molecule has 1 aromatic carbocycles. The summed E-state index contributed by atoms with van der Waals surface area (Å²) in [4.78, 5) is 29.8. The molecule has 0 saturated heterocycles. The molecule has 0 N–H and O–H groups in total. The van der Waals surface area contributed by atoms with Crippen molar-refractivity contribution in [2.24, 2.45) is 5.41 Å². The first-order valence-corrected chi connectivity index (χ1v) is 11.1. The van der Waals surface area contributed by atoms with E-state index in [1.807, 2.05) is 0 Å². The number of hydrogen-bond donors (Lipinski definition) is 0. The molecule has 1 aliphatic carbocycles. The summed E-state index contributed by atoms with van der Waals surface area (Å²) in [5, 5.41) is 18.3. The lowest BCUT2D eigenvalue weighted by Gasteiger charge is -2.16. The standard InChI is InChI=1S/C24H20F6N4O3/c25-23(26,27)6-1-2-20-33-19(11-21(36)34(20)13-16(35)12-22(14-32)7-8-22)18-4-3-17(37-24(28,29)30)10-15(18)5-9-31/h3-4,10-11H,1-2,5-8,12-13H2. The van der Waals surface area contributed by atoms with Gasteiger partial charge in [-0.25, -0.2) is 4.98 Å². The van der Waals surface area contributed by atoms with Crippen molar-refractivity contribution in [2.45, 2.75) is 64.0 Å². The summed E-state index contributed by atoms with van der Waals surface area (Å²) in [5.74, 6) is -1.18. The van der Waals surface area contributed by atoms with Crippen LogP contribution < -0.4 is 10.3 Å². The predicted molar refractivity (Wildman–Crippen MR) is 116 cm³/mol. The Labute approximate surface area is 206 Å². The van der Waals surface area contributed by atoms with E-state index in [9.17, 15) is 41.2 Å². The first-order chi connectivity index (χ1) is 17.2. The number of ether oxygens (including phenoxy) is 1. The molecule has 37 heavy (non-hydrogen) atoms. The van der Waals surface area contributed by atoms with Crippen LogP contribution in [0, 0.1) is 28.1 Å². The average molecular weight is 526 g/mol. The van der Waals surface area contributed by atoms with Crippen molar-refractivity contribution in [2.75, 3.05) is 0 Å². The highest BCUT2D eigenvalue weighted by Crippen LogP contribution is 2.48. The summed E-state index contributed by atoms with van der Waals surface area (Å²) in [6.45, 7) is -0.486. The summed E-state index contributed by atoms with van der Waals surface area (Å²) in [7, 11) is 0. The molecule has 1 fully saturated rings. The molecule has 0 bridgehead atoms. The summed E-state index contributed by atoms with van der Waals surface area (Å²) in [6.07, 6.45) is -10.8. The van der Waals surface area contributed by atoms with Gasteiger partial charge < -0.3 is 4.74 Å². The fourth-order valence-electron chi connectivity index (χ4n) is 3.84. The van der Waals surface area contributed by atoms with Crippen LogP contribution in [0.3, 0.4) is 0 Å². The quantitative estimate of drug-likeness (QED) is 0.402. The number of rotatable bonds is 10. The lowest BCUT2D eigenvalue weighted by Crippen LogP contribution is -2.29. The van der Waals surface area contributed by atoms with Gasteiger partial charge in [-0.1, -0.05) is 0 Å². The number of carbonyl (C=O) groups excluding carboxylic acids is 1. The molecule has 1 saturated carbocycles. The SMILES string of the molecule is N#CCc1cc(OC(F)(F)F)ccc1-c1cc(=O)n(CC(=O)CC2(C#N)CC2)c(CCCC(F)(F)F)n1. The molecule has 1 aromatic heterocycles. The summed E-state index contributed by atoms with van der Waals surface area (Å²) in [6, 6.07) is 7.93. The number of alkyl halides is 6. The smallest absolute Gasteiger partial charge is 0.406 e. The van der Waals surface area contributed by atoms with E-state index in [-0.39, 0.29) is 41.9 Å². The van der Waals surface area contributed by atoms with Gasteiger partial charge in [0.15, 0.2) is 5.78 Å². The lowest BCUT2D eigenvalue weighted by molar-refractivity contribution is -0.274. The number of halogens is 6. The number of nitriles is 2. The zero-order chi connectivity index (χ0) is 27.4. The van der Waals surface area contributed by atoms with Gasteiger partial charge in [-0.3, -0.25) is 14.2 Å². The highest BCUT2D eigenvalue weighted by atomic mass is 19.4. The average Bonchev–Trinajstić information content (AvgIpc) is 3.54. The van der Waals surface area contributed by atoms with E-state index in [1.54, 1.807) is 6.07 Å². The van der Waals surface area contributed by atoms with Gasteiger partial charge in [-0.15, -0.1) is 13.2 Å². The second-order valence-corrected chi connectivity index (χ2v) is 8.76. The maximum atomic E-state index is 12.9. The molecule has 0 atom stereocenters. The van der Waals surface area contributed by atoms with Gasteiger partial charge in [0.05, 0.1) is 36.2 Å². The van der Waals surface area contributed by atoms with E-state index in [4.69, 9.17) is 5.26 Å². The molecule has 196 valence electrons. The Bertz CT molecular complexity index is 1310. The number of Topliss-reactive ketones (excluding diaryl/α,β-unsaturated/α-hetero) is 1. The Morgan fingerprint density at radius 3 is 2.41 bits per heavy atom. The van der Waals surface area contributed by atoms with E-state index in [0.29, 0.717) is 12.8 Å². The minimum atomic E-state index is -4.98. The summed E-state index contributed by atoms with van der Waals surface area (Å²) >= 11 is 0. The number of ketones is 1. The van der Waals surface area contributed by atoms with Crippen molar-refractivity contribution < 1.29 is 35.9 Å². The van der Waals surface area contributed by atoms with Crippen LogP contribution in [-0.2, 0) is 24.2 Å². The minimum Gasteiger partial charge on any atom is -0.406 e. The molecule has 0 aliphatic heterocycles. The maximum Gasteiger partial charge on any atom is 0.573 e. The summed E-state index contributed by atoms with van der Waals surface area (Å²) < 4.78 is 80.8. The van der Waals surface area contributed by atoms with E-state index in [1.165, 1.54) is 0 Å². The maximum absolute atomic E-state index is 12.9. The highest BCUT2D eigenvalue weighted by Gasteiger charge is 2.44. The molecule has 2 aromatic rings. The van der Waals surface area contributed by atoms with E-state index in [2.05, 4.69) is 15.8 Å². The molecule has 0 unspecified atom stereocenters. The zero-order valence-electron chi connectivity index (χ0n) is 19.2. The number of aromatic nitrogens is 2. The second-order valence-electron chi connectivity index (χ2n) is 8.76. The molecule has 7 nitrogen and oxygen atoms in total. The van der Waals surface area contributed by atoms with Crippen molar-refractivity contribution in [1.29, 1.82) is 10.5 Å². The number of carbonyl (C=O) groups is 1. The van der Waals surface area contributed by atoms with Gasteiger partial charge in [-0.2, -0.15) is 23.7 Å². The molecule has 0 spiro atoms. The molecule has 13 heteroatoms. The van der Waals surface area contributed by atoms with Gasteiger partial charge in [0, 0.05) is 30.9 Å². The van der Waals surface area contributed by atoms with Gasteiger partial charge in [0.25, 0.3) is 5.56 Å². The molecule has 0 amide bonds. The predicted octanol–water partition coefficient (Wildman–Crippen LogP) is 5.02. The Morgan fingerprint density at radius 1 is 1.14 bits per heavy atom. The van der Waals surface area contributed by atoms with E-state index < -0.39 is 54.4 Å². The van der Waals surface area contributed by atoms with Crippen LogP contribution >= 0.6 is 0 Å². The van der Waals surface area contributed by atoms with Crippen molar-refractivity contribution in [3.05, 3.63) is 46.0 Å². The minimum absolute atomic E-state index is 0.0518. The Hall–Kier alpha value is -3.87. The van der Waals surface area contributed by atoms with Gasteiger partial charge in [0.2, 0.25) is 0 Å². The van der Waals surface area contributed by atoms with Crippen LogP contribution in [0.25, 0.3) is 11.3 Å². The van der Waals surface area contributed by atoms with Crippen LogP contribution in [0.4, 0.5) is 26.3 Å². The third kappa shape index (κ3) is 7.81. The largest absolute Gasteiger partial charge is 0.573 e. The highest BCUT2D eigenvalue weighted by molar-refractivity contribution is 5.80. The topological polar surface area (TPSA) is 109 Å². The molecule has 0 radical (unpaired) electrons. The van der Waals surface area contributed by atoms with Gasteiger partial charge in [0.1, 0.15) is 11.6 Å². The van der Waals surface area contributed by atoms with Gasteiger partial charge in [-0.05, 0) is 43.0 Å². The van der Waals surface area contributed by atoms with Crippen LogP contribution in [0.1, 0.15) is 43.5 Å². The number of aryl methyl sites for hydroxylation is 1. The van der Waals surface area contributed by atoms with Crippen LogP contribution in [0.5, 0.6) is 5.75 Å². The van der Waals surface area contributed by atoms with Crippen LogP contribution in [0.15, 0.2) is 29.1 Å². The fourth-order valence-corrected chi connectivity index (χ4v) is 3.84. The first-order valence-electron chi connectivity index (χ1n) is 11.1. The van der Waals surface area contributed by atoms with Crippen LogP contribution in [-0.4, -0.2) is 27.9 Å². The number of hydrogen-bond acceptors (Lipinski definition) is 6.